The summed E-state index contributed by atoms with van der Waals surface area (Å²) in [7, 11) is 0. The average Bonchev–Trinajstić information content (AvgIpc) is 2.10. The van der Waals surface area contributed by atoms with E-state index in [1.54, 1.807) is 19.1 Å². The third kappa shape index (κ3) is 1.19. The lowest BCUT2D eigenvalue weighted by Gasteiger charge is -2.35. The van der Waals surface area contributed by atoms with Crippen molar-refractivity contribution in [3.63, 3.8) is 0 Å². The Morgan fingerprint density at radius 3 is 2.64 bits per heavy atom. The van der Waals surface area contributed by atoms with Gasteiger partial charge in [0.2, 0.25) is 0 Å². The first-order chi connectivity index (χ1) is 6.68. The maximum absolute atomic E-state index is 13.0. The van der Waals surface area contributed by atoms with Crippen molar-refractivity contribution in [2.45, 2.75) is 12.3 Å². The number of hydrogen-bond acceptors (Lipinski definition) is 2. The van der Waals surface area contributed by atoms with Crippen LogP contribution in [0.1, 0.15) is 11.1 Å². The van der Waals surface area contributed by atoms with Crippen molar-refractivity contribution in [2.24, 2.45) is 0 Å². The number of benzene rings is 1. The number of rotatable bonds is 1. The van der Waals surface area contributed by atoms with Crippen LogP contribution in [0.4, 0.5) is 4.39 Å². The molecule has 0 spiro atoms. The van der Waals surface area contributed by atoms with Gasteiger partial charge in [0.1, 0.15) is 11.2 Å². The van der Waals surface area contributed by atoms with Crippen molar-refractivity contribution in [1.29, 1.82) is 5.26 Å². The second kappa shape index (κ2) is 3.07. The Morgan fingerprint density at radius 1 is 1.50 bits per heavy atom. The van der Waals surface area contributed by atoms with E-state index in [1.165, 1.54) is 6.07 Å². The first-order valence-corrected chi connectivity index (χ1v) is 4.44. The third-order valence-corrected chi connectivity index (χ3v) is 2.62. The minimum Gasteiger partial charge on any atom is -0.377 e. The van der Waals surface area contributed by atoms with Crippen LogP contribution in [-0.4, -0.2) is 13.2 Å². The smallest absolute Gasteiger partial charge is 0.129 e. The molecule has 1 aliphatic heterocycles. The Morgan fingerprint density at radius 2 is 2.21 bits per heavy atom. The highest BCUT2D eigenvalue weighted by atomic mass is 19.1. The Labute approximate surface area is 81.9 Å². The number of nitriles is 1. The molecule has 72 valence electrons. The monoisotopic (exact) mass is 191 g/mol. The van der Waals surface area contributed by atoms with Crippen LogP contribution in [0.25, 0.3) is 0 Å². The molecule has 0 radical (unpaired) electrons. The molecule has 1 aromatic rings. The molecule has 0 aliphatic carbocycles. The van der Waals surface area contributed by atoms with Crippen LogP contribution in [0.5, 0.6) is 0 Å². The highest BCUT2D eigenvalue weighted by Crippen LogP contribution is 2.32. The lowest BCUT2D eigenvalue weighted by molar-refractivity contribution is -0.0298. The highest BCUT2D eigenvalue weighted by Gasteiger charge is 2.40. The van der Waals surface area contributed by atoms with Crippen LogP contribution in [0.2, 0.25) is 0 Å². The van der Waals surface area contributed by atoms with Crippen molar-refractivity contribution >= 4 is 0 Å². The summed E-state index contributed by atoms with van der Waals surface area (Å²) in [6.45, 7) is 2.52. The van der Waals surface area contributed by atoms with E-state index in [2.05, 4.69) is 6.07 Å². The number of ether oxygens (including phenoxy) is 1. The molecule has 0 N–H and O–H groups in total. The molecular weight excluding hydrogens is 181 g/mol. The van der Waals surface area contributed by atoms with E-state index in [-0.39, 0.29) is 5.82 Å². The quantitative estimate of drug-likeness (QED) is 0.679. The summed E-state index contributed by atoms with van der Waals surface area (Å²) in [5, 5.41) is 9.03. The van der Waals surface area contributed by atoms with Crippen LogP contribution in [0.15, 0.2) is 18.2 Å². The van der Waals surface area contributed by atoms with Crippen LogP contribution in [0, 0.1) is 24.1 Å². The fourth-order valence-corrected chi connectivity index (χ4v) is 1.54. The van der Waals surface area contributed by atoms with Crippen LogP contribution in [0.3, 0.4) is 0 Å². The first kappa shape index (κ1) is 9.17. The van der Waals surface area contributed by atoms with Gasteiger partial charge in [-0.15, -0.1) is 0 Å². The van der Waals surface area contributed by atoms with E-state index in [0.29, 0.717) is 18.8 Å². The van der Waals surface area contributed by atoms with Gasteiger partial charge in [0.05, 0.1) is 19.3 Å². The molecular formula is C11H10FNO. The molecule has 0 unspecified atom stereocenters. The summed E-state index contributed by atoms with van der Waals surface area (Å²) in [4.78, 5) is 0. The summed E-state index contributed by atoms with van der Waals surface area (Å²) in [5.41, 5.74) is 0.882. The lowest BCUT2D eigenvalue weighted by Crippen LogP contribution is -2.45. The molecule has 1 fully saturated rings. The van der Waals surface area contributed by atoms with Gasteiger partial charge in [0, 0.05) is 0 Å². The molecule has 0 saturated carbocycles. The van der Waals surface area contributed by atoms with Gasteiger partial charge in [-0.3, -0.25) is 0 Å². The van der Waals surface area contributed by atoms with Crippen molar-refractivity contribution in [2.75, 3.05) is 13.2 Å². The summed E-state index contributed by atoms with van der Waals surface area (Å²) < 4.78 is 18.0. The van der Waals surface area contributed by atoms with Gasteiger partial charge < -0.3 is 4.74 Å². The van der Waals surface area contributed by atoms with Gasteiger partial charge in [0.25, 0.3) is 0 Å². The molecule has 0 aromatic heterocycles. The van der Waals surface area contributed by atoms with Crippen LogP contribution >= 0.6 is 0 Å². The maximum atomic E-state index is 13.0. The van der Waals surface area contributed by atoms with Gasteiger partial charge >= 0.3 is 0 Å². The largest absolute Gasteiger partial charge is 0.377 e. The zero-order valence-corrected chi connectivity index (χ0v) is 7.88. The highest BCUT2D eigenvalue weighted by molar-refractivity contribution is 5.37. The van der Waals surface area contributed by atoms with Crippen molar-refractivity contribution in [3.05, 3.63) is 35.1 Å². The molecule has 2 rings (SSSR count). The molecule has 3 heteroatoms. The van der Waals surface area contributed by atoms with Crippen LogP contribution in [-0.2, 0) is 10.2 Å². The van der Waals surface area contributed by atoms with Gasteiger partial charge in [0.15, 0.2) is 0 Å². The van der Waals surface area contributed by atoms with E-state index in [0.717, 1.165) is 5.56 Å². The molecule has 14 heavy (non-hydrogen) atoms. The summed E-state index contributed by atoms with van der Waals surface area (Å²) in [6.07, 6.45) is 0. The Bertz CT molecular complexity index is 404. The van der Waals surface area contributed by atoms with Gasteiger partial charge in [-0.1, -0.05) is 12.1 Å². The second-order valence-corrected chi connectivity index (χ2v) is 3.65. The molecule has 0 atom stereocenters. The molecule has 0 bridgehead atoms. The summed E-state index contributed by atoms with van der Waals surface area (Å²) in [6, 6.07) is 7.02. The van der Waals surface area contributed by atoms with E-state index >= 15 is 0 Å². The Hall–Kier alpha value is -1.40. The Kier molecular flexibility index (Phi) is 2.01. The fourth-order valence-electron chi connectivity index (χ4n) is 1.54. The van der Waals surface area contributed by atoms with Gasteiger partial charge in [-0.05, 0) is 24.1 Å². The number of aryl methyl sites for hydroxylation is 1. The van der Waals surface area contributed by atoms with Crippen molar-refractivity contribution in [1.82, 2.24) is 0 Å². The predicted octanol–water partition coefficient (Wildman–Crippen LogP) is 1.93. The molecule has 1 aliphatic rings. The zero-order valence-electron chi connectivity index (χ0n) is 7.88. The molecule has 1 aromatic carbocycles. The predicted molar refractivity (Wildman–Crippen MR) is 49.2 cm³/mol. The number of halogens is 1. The van der Waals surface area contributed by atoms with E-state index in [4.69, 9.17) is 10.00 Å². The van der Waals surface area contributed by atoms with Gasteiger partial charge in [-0.2, -0.15) is 5.26 Å². The molecule has 2 nitrogen and oxygen atoms in total. The lowest BCUT2D eigenvalue weighted by atomic mass is 9.80. The number of hydrogen-bond donors (Lipinski definition) is 0. The maximum Gasteiger partial charge on any atom is 0.129 e. The molecule has 0 amide bonds. The normalized spacial score (nSPS) is 18.4. The molecule has 1 saturated heterocycles. The summed E-state index contributed by atoms with van der Waals surface area (Å²) in [5.74, 6) is -0.234. The van der Waals surface area contributed by atoms with E-state index < -0.39 is 5.41 Å². The second-order valence-electron chi connectivity index (χ2n) is 3.65. The van der Waals surface area contributed by atoms with Gasteiger partial charge in [-0.25, -0.2) is 4.39 Å². The minimum atomic E-state index is -0.543. The number of nitrogens with zero attached hydrogens (tertiary/aromatic N) is 1. The third-order valence-electron chi connectivity index (χ3n) is 2.62. The topological polar surface area (TPSA) is 33.0 Å². The minimum absolute atomic E-state index is 0.234. The van der Waals surface area contributed by atoms with Crippen LogP contribution < -0.4 is 0 Å². The van der Waals surface area contributed by atoms with Crippen molar-refractivity contribution in [3.8, 4) is 6.07 Å². The average molecular weight is 191 g/mol. The standard InChI is InChI=1S/C11H10FNO/c1-8-4-9(2-3-10(8)12)11(5-13)6-14-7-11/h2-4H,6-7H2,1H3. The Balaban J connectivity index is 2.42. The first-order valence-electron chi connectivity index (χ1n) is 4.44. The molecule has 1 heterocycles. The zero-order chi connectivity index (χ0) is 10.2. The van der Waals surface area contributed by atoms with Crippen molar-refractivity contribution < 1.29 is 9.13 Å². The SMILES string of the molecule is Cc1cc(C2(C#N)COC2)ccc1F. The van der Waals surface area contributed by atoms with E-state index in [1.807, 2.05) is 0 Å². The van der Waals surface area contributed by atoms with E-state index in [9.17, 15) is 4.39 Å². The fraction of sp³-hybridized carbons (Fsp3) is 0.364. The summed E-state index contributed by atoms with van der Waals surface area (Å²) >= 11 is 0.